The lowest BCUT2D eigenvalue weighted by molar-refractivity contribution is -0.870. The zero-order chi connectivity index (χ0) is 60.5. The van der Waals surface area contributed by atoms with Crippen LogP contribution in [0, 0.1) is 0 Å². The quantitative estimate of drug-likeness (QED) is 0.0195. The topological polar surface area (TPSA) is 111 Å². The normalized spacial score (nSPS) is 12.8. The van der Waals surface area contributed by atoms with Crippen LogP contribution < -0.4 is 5.11 Å². The lowest BCUT2D eigenvalue weighted by Crippen LogP contribution is -2.44. The standard InChI is InChI=1S/C74H139NO8/c1-6-8-10-12-14-16-18-20-22-24-26-28-30-32-34-35-36-37-39-40-42-44-46-48-50-52-54-56-58-60-62-64-71(76)81-68-70(69-82-74(73(78)79)80-67-66-75(3,4)5)83-72(77)65-63-61-59-57-55-53-51-49-47-45-43-41-38-33-31-29-27-25-23-21-19-17-15-13-11-9-7-2/h19,21,24-27,70,74H,6-18,20,22-23,28-69H2,1-5H3/b21-19-,26-24-,27-25-. The van der Waals surface area contributed by atoms with Crippen molar-refractivity contribution < 1.29 is 42.9 Å². The zero-order valence-electron chi connectivity index (χ0n) is 55.8. The van der Waals surface area contributed by atoms with E-state index < -0.39 is 24.3 Å². The number of carboxylic acids is 1. The van der Waals surface area contributed by atoms with Crippen LogP contribution in [0.5, 0.6) is 0 Å². The fraction of sp³-hybridized carbons (Fsp3) is 0.878. The molecule has 0 aliphatic rings. The van der Waals surface area contributed by atoms with Gasteiger partial charge < -0.3 is 33.3 Å². The first-order valence-corrected chi connectivity index (χ1v) is 36.1. The molecule has 2 atom stereocenters. The molecule has 9 heteroatoms. The van der Waals surface area contributed by atoms with E-state index in [-0.39, 0.29) is 32.2 Å². The van der Waals surface area contributed by atoms with Gasteiger partial charge in [-0.1, -0.05) is 314 Å². The van der Waals surface area contributed by atoms with Crippen molar-refractivity contribution in [2.24, 2.45) is 0 Å². The number of hydrogen-bond donors (Lipinski definition) is 0. The third-order valence-corrected chi connectivity index (χ3v) is 16.4. The lowest BCUT2D eigenvalue weighted by atomic mass is 10.0. The van der Waals surface area contributed by atoms with Gasteiger partial charge in [0, 0.05) is 12.8 Å². The van der Waals surface area contributed by atoms with Crippen molar-refractivity contribution in [2.75, 3.05) is 47.5 Å². The molecule has 488 valence electrons. The van der Waals surface area contributed by atoms with E-state index in [2.05, 4.69) is 50.3 Å². The third-order valence-electron chi connectivity index (χ3n) is 16.4. The van der Waals surface area contributed by atoms with Crippen LogP contribution in [0.25, 0.3) is 0 Å². The second kappa shape index (κ2) is 65.5. The van der Waals surface area contributed by atoms with E-state index in [1.54, 1.807) is 0 Å². The average molecular weight is 1170 g/mol. The molecule has 2 unspecified atom stereocenters. The Labute approximate surface area is 515 Å². The fourth-order valence-corrected chi connectivity index (χ4v) is 10.8. The molecule has 83 heavy (non-hydrogen) atoms. The van der Waals surface area contributed by atoms with E-state index >= 15 is 0 Å². The Morgan fingerprint density at radius 3 is 0.964 bits per heavy atom. The fourth-order valence-electron chi connectivity index (χ4n) is 10.8. The number of nitrogens with zero attached hydrogens (tertiary/aromatic N) is 1. The number of unbranched alkanes of at least 4 members (excludes halogenated alkanes) is 47. The SMILES string of the molecule is CCCCCCC/C=C\C/C=C\CCCCCCCCCCCCCCCCCC(=O)OC(COC(=O)CCCCCCCCCCCCCCCCCCCCC/C=C\CCCCCCCCCC)COC(OCC[N+](C)(C)C)C(=O)[O-]. The summed E-state index contributed by atoms with van der Waals surface area (Å²) in [6.45, 7) is 4.80. The summed E-state index contributed by atoms with van der Waals surface area (Å²) in [6.07, 6.45) is 79.5. The third kappa shape index (κ3) is 66.9. The molecule has 0 spiro atoms. The summed E-state index contributed by atoms with van der Waals surface area (Å²) in [5, 5.41) is 11.8. The Bertz CT molecular complexity index is 1450. The Morgan fingerprint density at radius 1 is 0.361 bits per heavy atom. The average Bonchev–Trinajstić information content (AvgIpc) is 3.46. The number of likely N-dealkylation sites (N-methyl/N-ethyl adjacent to an activating group) is 1. The van der Waals surface area contributed by atoms with Crippen LogP contribution in [0.15, 0.2) is 36.5 Å². The molecule has 0 radical (unpaired) electrons. The molecule has 0 aliphatic carbocycles. The number of carbonyl (C=O) groups is 3. The van der Waals surface area contributed by atoms with E-state index in [0.717, 1.165) is 38.5 Å². The van der Waals surface area contributed by atoms with Gasteiger partial charge in [-0.3, -0.25) is 9.59 Å². The number of esters is 2. The van der Waals surface area contributed by atoms with E-state index in [4.69, 9.17) is 18.9 Å². The molecule has 0 rings (SSSR count). The van der Waals surface area contributed by atoms with Crippen molar-refractivity contribution in [3.63, 3.8) is 0 Å². The Kier molecular flexibility index (Phi) is 63.5. The number of allylic oxidation sites excluding steroid dienone is 6. The van der Waals surface area contributed by atoms with Crippen LogP contribution >= 0.6 is 0 Å². The molecule has 0 N–H and O–H groups in total. The minimum Gasteiger partial charge on any atom is -0.545 e. The van der Waals surface area contributed by atoms with E-state index in [1.165, 1.54) is 289 Å². The molecule has 0 aromatic rings. The Balaban J connectivity index is 4.05. The molecular formula is C74H139NO8. The molecule has 9 nitrogen and oxygen atoms in total. The summed E-state index contributed by atoms with van der Waals surface area (Å²) in [4.78, 5) is 37.5. The van der Waals surface area contributed by atoms with Crippen molar-refractivity contribution in [3.8, 4) is 0 Å². The van der Waals surface area contributed by atoms with Gasteiger partial charge in [-0.15, -0.1) is 0 Å². The Morgan fingerprint density at radius 2 is 0.651 bits per heavy atom. The molecule has 0 aliphatic heterocycles. The minimum absolute atomic E-state index is 0.150. The zero-order valence-corrected chi connectivity index (χ0v) is 55.8. The number of ether oxygens (including phenoxy) is 4. The van der Waals surface area contributed by atoms with Crippen LogP contribution in [0.4, 0.5) is 0 Å². The number of carboxylic acid groups (broad SMARTS) is 1. The van der Waals surface area contributed by atoms with Gasteiger partial charge in [0.1, 0.15) is 13.2 Å². The molecule has 0 amide bonds. The van der Waals surface area contributed by atoms with Gasteiger partial charge in [0.2, 0.25) is 0 Å². The summed E-state index contributed by atoms with van der Waals surface area (Å²) in [5.41, 5.74) is 0. The van der Waals surface area contributed by atoms with Crippen molar-refractivity contribution in [1.82, 2.24) is 0 Å². The lowest BCUT2D eigenvalue weighted by Gasteiger charge is -2.26. The van der Waals surface area contributed by atoms with Crippen molar-refractivity contribution >= 4 is 17.9 Å². The van der Waals surface area contributed by atoms with E-state index in [9.17, 15) is 19.5 Å². The van der Waals surface area contributed by atoms with Crippen LogP contribution in [0.1, 0.15) is 361 Å². The maximum absolute atomic E-state index is 12.9. The molecule has 0 saturated heterocycles. The second-order valence-corrected chi connectivity index (χ2v) is 25.9. The highest BCUT2D eigenvalue weighted by atomic mass is 16.7. The molecule has 0 aromatic carbocycles. The van der Waals surface area contributed by atoms with Gasteiger partial charge >= 0.3 is 11.9 Å². The predicted octanol–water partition coefficient (Wildman–Crippen LogP) is 21.0. The highest BCUT2D eigenvalue weighted by molar-refractivity contribution is 5.70. The van der Waals surface area contributed by atoms with E-state index in [0.29, 0.717) is 23.9 Å². The summed E-state index contributed by atoms with van der Waals surface area (Å²) < 4.78 is 22.8. The number of aliphatic carboxylic acids is 1. The maximum Gasteiger partial charge on any atom is 0.306 e. The van der Waals surface area contributed by atoms with Crippen LogP contribution in [-0.2, 0) is 33.3 Å². The van der Waals surface area contributed by atoms with Crippen molar-refractivity contribution in [1.29, 1.82) is 0 Å². The number of hydrogen-bond acceptors (Lipinski definition) is 8. The largest absolute Gasteiger partial charge is 0.545 e. The van der Waals surface area contributed by atoms with Crippen LogP contribution in [0.3, 0.4) is 0 Å². The predicted molar refractivity (Wildman–Crippen MR) is 353 cm³/mol. The highest BCUT2D eigenvalue weighted by Gasteiger charge is 2.22. The molecule has 0 saturated carbocycles. The van der Waals surface area contributed by atoms with Gasteiger partial charge in [-0.25, -0.2) is 0 Å². The summed E-state index contributed by atoms with van der Waals surface area (Å²) >= 11 is 0. The van der Waals surface area contributed by atoms with Crippen LogP contribution in [-0.4, -0.2) is 82.3 Å². The van der Waals surface area contributed by atoms with Gasteiger partial charge in [0.15, 0.2) is 12.4 Å². The molecule has 0 fully saturated rings. The molecule has 0 aromatic heterocycles. The highest BCUT2D eigenvalue weighted by Crippen LogP contribution is 2.19. The van der Waals surface area contributed by atoms with Gasteiger partial charge in [-0.05, 0) is 70.6 Å². The molecule has 0 heterocycles. The first kappa shape index (κ1) is 80.5. The van der Waals surface area contributed by atoms with E-state index in [1.807, 2.05) is 21.1 Å². The monoisotopic (exact) mass is 1170 g/mol. The van der Waals surface area contributed by atoms with Crippen LogP contribution in [0.2, 0.25) is 0 Å². The number of carbonyl (C=O) groups excluding carboxylic acids is 3. The van der Waals surface area contributed by atoms with Gasteiger partial charge in [0.05, 0.1) is 40.3 Å². The summed E-state index contributed by atoms with van der Waals surface area (Å²) in [7, 11) is 5.94. The first-order chi connectivity index (χ1) is 40.6. The van der Waals surface area contributed by atoms with Crippen molar-refractivity contribution in [3.05, 3.63) is 36.5 Å². The number of rotatable bonds is 68. The maximum atomic E-state index is 12.9. The minimum atomic E-state index is -1.62. The van der Waals surface area contributed by atoms with Crippen molar-refractivity contribution in [2.45, 2.75) is 373 Å². The summed E-state index contributed by atoms with van der Waals surface area (Å²) in [5.74, 6) is -2.26. The second-order valence-electron chi connectivity index (χ2n) is 25.9. The molecule has 0 bridgehead atoms. The van der Waals surface area contributed by atoms with Gasteiger partial charge in [0.25, 0.3) is 0 Å². The Hall–Kier alpha value is -2.49. The molecular weight excluding hydrogens is 1030 g/mol. The number of quaternary nitrogens is 1. The first-order valence-electron chi connectivity index (χ1n) is 36.1. The smallest absolute Gasteiger partial charge is 0.306 e. The van der Waals surface area contributed by atoms with Gasteiger partial charge in [-0.2, -0.15) is 0 Å². The summed E-state index contributed by atoms with van der Waals surface area (Å²) in [6, 6.07) is 0.